The van der Waals surface area contributed by atoms with Crippen molar-refractivity contribution in [1.29, 1.82) is 0 Å². The minimum absolute atomic E-state index is 0.0841. The Balaban J connectivity index is 1.91. The molecule has 98 valence electrons. The minimum atomic E-state index is 0.0841. The third kappa shape index (κ3) is 2.94. The third-order valence-corrected chi connectivity index (χ3v) is 3.18. The molecule has 1 aliphatic heterocycles. The van der Waals surface area contributed by atoms with Gasteiger partial charge in [0.25, 0.3) is 0 Å². The fourth-order valence-corrected chi connectivity index (χ4v) is 1.86. The average Bonchev–Trinajstić information content (AvgIpc) is 2.84. The number of carbonyl (C=O) groups is 1. The summed E-state index contributed by atoms with van der Waals surface area (Å²) in [5.41, 5.74) is 0.961. The van der Waals surface area contributed by atoms with E-state index in [0.717, 1.165) is 23.5 Å². The molecule has 0 fully saturated rings. The smallest absolute Gasteiger partial charge is 0.231 e. The summed E-state index contributed by atoms with van der Waals surface area (Å²) in [6.07, 6.45) is 1.59. The van der Waals surface area contributed by atoms with Gasteiger partial charge in [-0.15, -0.1) is 0 Å². The Kier molecular flexibility index (Phi) is 4.07. The molecule has 1 aromatic carbocycles. The van der Waals surface area contributed by atoms with Crippen LogP contribution in [0.3, 0.4) is 0 Å². The molecule has 0 saturated carbocycles. The van der Waals surface area contributed by atoms with Gasteiger partial charge >= 0.3 is 0 Å². The number of ether oxygens (including phenoxy) is 2. The summed E-state index contributed by atoms with van der Waals surface area (Å²) in [6, 6.07) is 5.72. The van der Waals surface area contributed by atoms with Gasteiger partial charge < -0.3 is 14.8 Å². The first kappa shape index (κ1) is 12.7. The number of nitrogens with one attached hydrogen (secondary N) is 1. The molecule has 0 aliphatic carbocycles. The number of hydrogen-bond acceptors (Lipinski definition) is 3. The van der Waals surface area contributed by atoms with E-state index in [1.807, 2.05) is 18.2 Å². The van der Waals surface area contributed by atoms with Crippen molar-refractivity contribution in [1.82, 2.24) is 5.32 Å². The number of benzene rings is 1. The molecule has 1 aliphatic rings. The second-order valence-corrected chi connectivity index (χ2v) is 4.65. The van der Waals surface area contributed by atoms with Crippen LogP contribution in [0.4, 0.5) is 0 Å². The van der Waals surface area contributed by atoms with Gasteiger partial charge in [-0.3, -0.25) is 4.79 Å². The predicted molar refractivity (Wildman–Crippen MR) is 68.5 cm³/mol. The molecular formula is C14H19NO3. The number of carbonyl (C=O) groups excluding carboxylic acids is 1. The number of amides is 1. The monoisotopic (exact) mass is 249 g/mol. The Bertz CT molecular complexity index is 431. The molecule has 1 N–H and O–H groups in total. The highest BCUT2D eigenvalue weighted by Gasteiger charge is 2.17. The Morgan fingerprint density at radius 3 is 3.06 bits per heavy atom. The highest BCUT2D eigenvalue weighted by atomic mass is 16.7. The second-order valence-electron chi connectivity index (χ2n) is 4.65. The molecule has 1 heterocycles. The molecule has 1 unspecified atom stereocenters. The number of para-hydroxylation sites is 1. The van der Waals surface area contributed by atoms with E-state index < -0.39 is 0 Å². The van der Waals surface area contributed by atoms with E-state index in [2.05, 4.69) is 19.2 Å². The predicted octanol–water partition coefficient (Wildman–Crippen LogP) is 2.47. The SMILES string of the molecule is CCC(C)CC(=O)NCc1cccc2c1OCO2. The Morgan fingerprint density at radius 1 is 1.44 bits per heavy atom. The maximum absolute atomic E-state index is 11.7. The largest absolute Gasteiger partial charge is 0.454 e. The van der Waals surface area contributed by atoms with Gasteiger partial charge in [0.1, 0.15) is 0 Å². The van der Waals surface area contributed by atoms with Crippen LogP contribution in [-0.2, 0) is 11.3 Å². The third-order valence-electron chi connectivity index (χ3n) is 3.18. The van der Waals surface area contributed by atoms with Crippen LogP contribution in [0.2, 0.25) is 0 Å². The molecule has 0 aromatic heterocycles. The maximum Gasteiger partial charge on any atom is 0.231 e. The first-order valence-corrected chi connectivity index (χ1v) is 6.35. The molecule has 0 spiro atoms. The lowest BCUT2D eigenvalue weighted by molar-refractivity contribution is -0.122. The summed E-state index contributed by atoms with van der Waals surface area (Å²) in [5, 5.41) is 2.92. The van der Waals surface area contributed by atoms with Crippen LogP contribution >= 0.6 is 0 Å². The Labute approximate surface area is 107 Å². The number of rotatable bonds is 5. The standard InChI is InChI=1S/C14H19NO3/c1-3-10(2)7-13(16)15-8-11-5-4-6-12-14(11)18-9-17-12/h4-6,10H,3,7-9H2,1-2H3,(H,15,16). The van der Waals surface area contributed by atoms with Crippen molar-refractivity contribution < 1.29 is 14.3 Å². The van der Waals surface area contributed by atoms with Gasteiger partial charge in [0.2, 0.25) is 12.7 Å². The van der Waals surface area contributed by atoms with Crippen LogP contribution in [0.25, 0.3) is 0 Å². The molecule has 1 amide bonds. The molecule has 1 aromatic rings. The van der Waals surface area contributed by atoms with Crippen molar-refractivity contribution in [2.75, 3.05) is 6.79 Å². The quantitative estimate of drug-likeness (QED) is 0.872. The molecule has 1 atom stereocenters. The summed E-state index contributed by atoms with van der Waals surface area (Å²) in [7, 11) is 0. The van der Waals surface area contributed by atoms with Gasteiger partial charge in [-0.05, 0) is 12.0 Å². The lowest BCUT2D eigenvalue weighted by Crippen LogP contribution is -2.24. The van der Waals surface area contributed by atoms with Gasteiger partial charge in [0.05, 0.1) is 0 Å². The van der Waals surface area contributed by atoms with Crippen LogP contribution in [0.15, 0.2) is 18.2 Å². The van der Waals surface area contributed by atoms with E-state index in [1.165, 1.54) is 0 Å². The van der Waals surface area contributed by atoms with Crippen LogP contribution in [0.5, 0.6) is 11.5 Å². The summed E-state index contributed by atoms with van der Waals surface area (Å²) in [6.45, 7) is 4.92. The summed E-state index contributed by atoms with van der Waals surface area (Å²) in [5.74, 6) is 2.01. The first-order chi connectivity index (χ1) is 8.70. The van der Waals surface area contributed by atoms with E-state index in [1.54, 1.807) is 0 Å². The molecular weight excluding hydrogens is 230 g/mol. The molecule has 2 rings (SSSR count). The summed E-state index contributed by atoms with van der Waals surface area (Å²) < 4.78 is 10.7. The normalized spacial score (nSPS) is 14.3. The first-order valence-electron chi connectivity index (χ1n) is 6.35. The van der Waals surface area contributed by atoms with E-state index in [-0.39, 0.29) is 12.7 Å². The van der Waals surface area contributed by atoms with Gasteiger partial charge in [0.15, 0.2) is 11.5 Å². The summed E-state index contributed by atoms with van der Waals surface area (Å²) >= 11 is 0. The maximum atomic E-state index is 11.7. The zero-order chi connectivity index (χ0) is 13.0. The molecule has 0 bridgehead atoms. The van der Waals surface area contributed by atoms with E-state index >= 15 is 0 Å². The molecule has 4 heteroatoms. The molecule has 4 nitrogen and oxygen atoms in total. The van der Waals surface area contributed by atoms with Crippen LogP contribution in [0, 0.1) is 5.92 Å². The van der Waals surface area contributed by atoms with Gasteiger partial charge in [-0.1, -0.05) is 32.4 Å². The van der Waals surface area contributed by atoms with Crippen molar-refractivity contribution in [3.05, 3.63) is 23.8 Å². The average molecular weight is 249 g/mol. The fourth-order valence-electron chi connectivity index (χ4n) is 1.86. The van der Waals surface area contributed by atoms with Crippen LogP contribution < -0.4 is 14.8 Å². The molecule has 18 heavy (non-hydrogen) atoms. The summed E-state index contributed by atoms with van der Waals surface area (Å²) in [4.78, 5) is 11.7. The van der Waals surface area contributed by atoms with E-state index in [0.29, 0.717) is 18.9 Å². The fraction of sp³-hybridized carbons (Fsp3) is 0.500. The minimum Gasteiger partial charge on any atom is -0.454 e. The van der Waals surface area contributed by atoms with Gasteiger partial charge in [-0.25, -0.2) is 0 Å². The van der Waals surface area contributed by atoms with E-state index in [4.69, 9.17) is 9.47 Å². The van der Waals surface area contributed by atoms with Crippen LogP contribution in [-0.4, -0.2) is 12.7 Å². The topological polar surface area (TPSA) is 47.6 Å². The van der Waals surface area contributed by atoms with Crippen LogP contribution in [0.1, 0.15) is 32.3 Å². The Morgan fingerprint density at radius 2 is 2.28 bits per heavy atom. The van der Waals surface area contributed by atoms with Gasteiger partial charge in [-0.2, -0.15) is 0 Å². The number of hydrogen-bond donors (Lipinski definition) is 1. The highest BCUT2D eigenvalue weighted by molar-refractivity contribution is 5.76. The van der Waals surface area contributed by atoms with Crippen molar-refractivity contribution in [3.8, 4) is 11.5 Å². The zero-order valence-electron chi connectivity index (χ0n) is 10.9. The molecule has 0 saturated heterocycles. The van der Waals surface area contributed by atoms with Crippen molar-refractivity contribution >= 4 is 5.91 Å². The zero-order valence-corrected chi connectivity index (χ0v) is 10.9. The lowest BCUT2D eigenvalue weighted by Gasteiger charge is -2.10. The number of fused-ring (bicyclic) bond motifs is 1. The van der Waals surface area contributed by atoms with E-state index in [9.17, 15) is 4.79 Å². The molecule has 0 radical (unpaired) electrons. The Hall–Kier alpha value is -1.71. The second kappa shape index (κ2) is 5.76. The van der Waals surface area contributed by atoms with Crippen molar-refractivity contribution in [3.63, 3.8) is 0 Å². The van der Waals surface area contributed by atoms with Gasteiger partial charge in [0, 0.05) is 18.5 Å². The highest BCUT2D eigenvalue weighted by Crippen LogP contribution is 2.35. The van der Waals surface area contributed by atoms with Crippen molar-refractivity contribution in [2.45, 2.75) is 33.2 Å². The van der Waals surface area contributed by atoms with Crippen molar-refractivity contribution in [2.24, 2.45) is 5.92 Å². The lowest BCUT2D eigenvalue weighted by atomic mass is 10.0.